The van der Waals surface area contributed by atoms with Gasteiger partial charge in [-0.1, -0.05) is 6.07 Å². The first-order valence-corrected chi connectivity index (χ1v) is 8.15. The summed E-state index contributed by atoms with van der Waals surface area (Å²) in [6, 6.07) is 6.66. The number of rotatable bonds is 2. The maximum atomic E-state index is 13.9. The number of aromatic nitrogens is 2. The van der Waals surface area contributed by atoms with Crippen LogP contribution in [0.1, 0.15) is 46.1 Å². The lowest BCUT2D eigenvalue weighted by Crippen LogP contribution is -2.31. The zero-order chi connectivity index (χ0) is 16.7. The molecule has 1 aliphatic carbocycles. The van der Waals surface area contributed by atoms with E-state index < -0.39 is 0 Å². The van der Waals surface area contributed by atoms with E-state index in [0.717, 1.165) is 30.4 Å². The van der Waals surface area contributed by atoms with Crippen LogP contribution in [0, 0.1) is 12.7 Å². The monoisotopic (exact) mass is 323 g/mol. The van der Waals surface area contributed by atoms with E-state index in [-0.39, 0.29) is 17.8 Å². The molecule has 24 heavy (non-hydrogen) atoms. The fourth-order valence-corrected chi connectivity index (χ4v) is 3.47. The standard InChI is InChI=1S/C19H18FN3O/c1-11-5-6-15(20)14-9-17(22-18(11)14)19(24)23-16-4-2-3-12-10-21-8-7-13(12)16/h5-10,16,22H,2-4H2,1H3,(H,23,24). The van der Waals surface area contributed by atoms with Crippen LogP contribution >= 0.6 is 0 Å². The first-order chi connectivity index (χ1) is 11.6. The van der Waals surface area contributed by atoms with E-state index in [1.807, 2.05) is 19.2 Å². The lowest BCUT2D eigenvalue weighted by Gasteiger charge is -2.25. The van der Waals surface area contributed by atoms with Gasteiger partial charge in [0, 0.05) is 17.8 Å². The van der Waals surface area contributed by atoms with Crippen LogP contribution in [0.15, 0.2) is 36.7 Å². The molecule has 0 bridgehead atoms. The first-order valence-electron chi connectivity index (χ1n) is 8.15. The molecule has 2 heterocycles. The molecule has 3 aromatic rings. The summed E-state index contributed by atoms with van der Waals surface area (Å²) in [7, 11) is 0. The van der Waals surface area contributed by atoms with Crippen molar-refractivity contribution in [1.29, 1.82) is 0 Å². The van der Waals surface area contributed by atoms with Crippen LogP contribution in [0.4, 0.5) is 4.39 Å². The molecular formula is C19H18FN3O. The number of carbonyl (C=O) groups excluding carboxylic acids is 1. The highest BCUT2D eigenvalue weighted by atomic mass is 19.1. The average molecular weight is 323 g/mol. The Hall–Kier alpha value is -2.69. The van der Waals surface area contributed by atoms with Crippen molar-refractivity contribution in [2.24, 2.45) is 0 Å². The molecule has 1 unspecified atom stereocenters. The summed E-state index contributed by atoms with van der Waals surface area (Å²) in [6.45, 7) is 1.89. The molecule has 0 spiro atoms. The fraction of sp³-hybridized carbons (Fsp3) is 0.263. The van der Waals surface area contributed by atoms with Crippen LogP contribution in [-0.2, 0) is 6.42 Å². The minimum absolute atomic E-state index is 0.0263. The summed E-state index contributed by atoms with van der Waals surface area (Å²) in [5.74, 6) is -0.528. The fourth-order valence-electron chi connectivity index (χ4n) is 3.47. The van der Waals surface area contributed by atoms with E-state index in [2.05, 4.69) is 15.3 Å². The second-order valence-electron chi connectivity index (χ2n) is 6.33. The van der Waals surface area contributed by atoms with Gasteiger partial charge in [-0.05, 0) is 61.1 Å². The Morgan fingerprint density at radius 1 is 1.38 bits per heavy atom. The number of hydrogen-bond donors (Lipinski definition) is 2. The van der Waals surface area contributed by atoms with Crippen LogP contribution in [0.25, 0.3) is 10.9 Å². The minimum atomic E-state index is -0.319. The van der Waals surface area contributed by atoms with E-state index in [1.54, 1.807) is 18.3 Å². The largest absolute Gasteiger partial charge is 0.350 e. The third-order valence-electron chi connectivity index (χ3n) is 4.75. The molecule has 5 heteroatoms. The van der Waals surface area contributed by atoms with Crippen molar-refractivity contribution in [2.75, 3.05) is 0 Å². The summed E-state index contributed by atoms with van der Waals surface area (Å²) in [6.07, 6.45) is 6.53. The molecule has 1 aromatic carbocycles. The maximum absolute atomic E-state index is 13.9. The minimum Gasteiger partial charge on any atom is -0.350 e. The number of benzene rings is 1. The number of pyridine rings is 1. The number of fused-ring (bicyclic) bond motifs is 2. The lowest BCUT2D eigenvalue weighted by atomic mass is 9.89. The molecule has 0 aliphatic heterocycles. The van der Waals surface area contributed by atoms with Gasteiger partial charge in [-0.3, -0.25) is 9.78 Å². The van der Waals surface area contributed by atoms with Crippen molar-refractivity contribution in [2.45, 2.75) is 32.2 Å². The quantitative estimate of drug-likeness (QED) is 0.753. The summed E-state index contributed by atoms with van der Waals surface area (Å²) < 4.78 is 13.9. The van der Waals surface area contributed by atoms with Gasteiger partial charge in [0.15, 0.2) is 0 Å². The predicted molar refractivity (Wildman–Crippen MR) is 90.4 cm³/mol. The molecular weight excluding hydrogens is 305 g/mol. The number of carbonyl (C=O) groups is 1. The zero-order valence-corrected chi connectivity index (χ0v) is 13.4. The topological polar surface area (TPSA) is 57.8 Å². The molecule has 0 fully saturated rings. The Labute approximate surface area is 139 Å². The number of H-pyrrole nitrogens is 1. The molecule has 0 radical (unpaired) electrons. The van der Waals surface area contributed by atoms with Crippen LogP contribution in [-0.4, -0.2) is 15.9 Å². The number of hydrogen-bond acceptors (Lipinski definition) is 2. The molecule has 1 aliphatic rings. The van der Waals surface area contributed by atoms with Crippen molar-refractivity contribution >= 4 is 16.8 Å². The normalized spacial score (nSPS) is 16.8. The SMILES string of the molecule is Cc1ccc(F)c2cc(C(=O)NC3CCCc4cnccc43)[nH]c12. The number of amides is 1. The van der Waals surface area contributed by atoms with Crippen LogP contribution in [0.2, 0.25) is 0 Å². The smallest absolute Gasteiger partial charge is 0.268 e. The summed E-state index contributed by atoms with van der Waals surface area (Å²) in [5, 5.41) is 3.52. The Bertz CT molecular complexity index is 893. The summed E-state index contributed by atoms with van der Waals surface area (Å²) in [5.41, 5.74) is 4.29. The molecule has 4 rings (SSSR count). The lowest BCUT2D eigenvalue weighted by molar-refractivity contribution is 0.0928. The number of nitrogens with zero attached hydrogens (tertiary/aromatic N) is 1. The van der Waals surface area contributed by atoms with Crippen molar-refractivity contribution in [1.82, 2.24) is 15.3 Å². The molecule has 2 aromatic heterocycles. The molecule has 1 atom stereocenters. The van der Waals surface area contributed by atoms with Gasteiger partial charge in [0.1, 0.15) is 11.5 Å². The third-order valence-corrected chi connectivity index (χ3v) is 4.75. The predicted octanol–water partition coefficient (Wildman–Crippen LogP) is 3.82. The van der Waals surface area contributed by atoms with Gasteiger partial charge in [-0.25, -0.2) is 4.39 Å². The van der Waals surface area contributed by atoms with Gasteiger partial charge in [-0.15, -0.1) is 0 Å². The second kappa shape index (κ2) is 5.74. The number of aromatic amines is 1. The van der Waals surface area contributed by atoms with E-state index >= 15 is 0 Å². The molecule has 0 saturated heterocycles. The van der Waals surface area contributed by atoms with Gasteiger partial charge < -0.3 is 10.3 Å². The van der Waals surface area contributed by atoms with Crippen molar-refractivity contribution in [3.63, 3.8) is 0 Å². The second-order valence-corrected chi connectivity index (χ2v) is 6.33. The maximum Gasteiger partial charge on any atom is 0.268 e. The Morgan fingerprint density at radius 3 is 3.08 bits per heavy atom. The van der Waals surface area contributed by atoms with Crippen LogP contribution in [0.3, 0.4) is 0 Å². The van der Waals surface area contributed by atoms with E-state index in [9.17, 15) is 9.18 Å². The van der Waals surface area contributed by atoms with Gasteiger partial charge in [0.2, 0.25) is 0 Å². The molecule has 4 nitrogen and oxygen atoms in total. The highest BCUT2D eigenvalue weighted by Crippen LogP contribution is 2.29. The first kappa shape index (κ1) is 14.9. The third kappa shape index (κ3) is 2.46. The van der Waals surface area contributed by atoms with Crippen molar-refractivity contribution < 1.29 is 9.18 Å². The van der Waals surface area contributed by atoms with Crippen molar-refractivity contribution in [3.05, 3.63) is 64.9 Å². The van der Waals surface area contributed by atoms with E-state index in [1.165, 1.54) is 11.6 Å². The average Bonchev–Trinajstić information content (AvgIpc) is 3.05. The summed E-state index contributed by atoms with van der Waals surface area (Å²) >= 11 is 0. The van der Waals surface area contributed by atoms with Crippen LogP contribution < -0.4 is 5.32 Å². The molecule has 1 amide bonds. The highest BCUT2D eigenvalue weighted by molar-refractivity contribution is 5.99. The molecule has 0 saturated carbocycles. The zero-order valence-electron chi connectivity index (χ0n) is 13.4. The van der Waals surface area contributed by atoms with Gasteiger partial charge in [0.25, 0.3) is 5.91 Å². The van der Waals surface area contributed by atoms with Gasteiger partial charge >= 0.3 is 0 Å². The number of aryl methyl sites for hydroxylation is 2. The number of halogens is 1. The van der Waals surface area contributed by atoms with Gasteiger partial charge in [0.05, 0.1) is 11.6 Å². The Kier molecular flexibility index (Phi) is 3.56. The van der Waals surface area contributed by atoms with Gasteiger partial charge in [-0.2, -0.15) is 0 Å². The van der Waals surface area contributed by atoms with Crippen molar-refractivity contribution in [3.8, 4) is 0 Å². The Balaban J connectivity index is 1.64. The molecule has 122 valence electrons. The number of nitrogens with one attached hydrogen (secondary N) is 2. The van der Waals surface area contributed by atoms with E-state index in [0.29, 0.717) is 16.6 Å². The molecule has 2 N–H and O–H groups in total. The summed E-state index contributed by atoms with van der Waals surface area (Å²) in [4.78, 5) is 19.8. The highest BCUT2D eigenvalue weighted by Gasteiger charge is 2.23. The van der Waals surface area contributed by atoms with E-state index in [4.69, 9.17) is 0 Å². The Morgan fingerprint density at radius 2 is 2.25 bits per heavy atom. The van der Waals surface area contributed by atoms with Crippen LogP contribution in [0.5, 0.6) is 0 Å².